The molecule has 0 radical (unpaired) electrons. The van der Waals surface area contributed by atoms with Gasteiger partial charge in [0.15, 0.2) is 0 Å². The van der Waals surface area contributed by atoms with Gasteiger partial charge in [0, 0.05) is 16.4 Å². The van der Waals surface area contributed by atoms with Gasteiger partial charge in [0.05, 0.1) is 17.4 Å². The Balaban J connectivity index is 1.70. The van der Waals surface area contributed by atoms with E-state index >= 15 is 0 Å². The van der Waals surface area contributed by atoms with Crippen molar-refractivity contribution in [3.8, 4) is 0 Å². The lowest BCUT2D eigenvalue weighted by Gasteiger charge is -2.11. The van der Waals surface area contributed by atoms with Crippen molar-refractivity contribution < 1.29 is 18.0 Å². The zero-order valence-corrected chi connectivity index (χ0v) is 16.2. The molecule has 0 saturated heterocycles. The largest absolute Gasteiger partial charge is 0.325 e. The van der Waals surface area contributed by atoms with Gasteiger partial charge < -0.3 is 10.6 Å². The van der Waals surface area contributed by atoms with Crippen molar-refractivity contribution in [3.05, 3.63) is 52.5 Å². The lowest BCUT2D eigenvalue weighted by Crippen LogP contribution is -2.33. The Morgan fingerprint density at radius 2 is 2.00 bits per heavy atom. The van der Waals surface area contributed by atoms with E-state index in [1.165, 1.54) is 12.1 Å². The molecule has 3 N–H and O–H groups in total. The molecule has 1 aliphatic heterocycles. The second-order valence-corrected chi connectivity index (χ2v) is 8.42. The van der Waals surface area contributed by atoms with E-state index in [1.807, 2.05) is 0 Å². The molecule has 9 heteroatoms. The summed E-state index contributed by atoms with van der Waals surface area (Å²) in [4.78, 5) is 23.8. The van der Waals surface area contributed by atoms with E-state index in [0.717, 1.165) is 0 Å². The van der Waals surface area contributed by atoms with E-state index in [2.05, 4.69) is 15.4 Å². The molecule has 1 atom stereocenters. The fourth-order valence-corrected chi connectivity index (χ4v) is 3.94. The van der Waals surface area contributed by atoms with Crippen LogP contribution in [0.15, 0.2) is 41.3 Å². The van der Waals surface area contributed by atoms with Crippen molar-refractivity contribution in [2.45, 2.75) is 24.7 Å². The molecule has 0 aliphatic carbocycles. The number of benzene rings is 2. The maximum Gasteiger partial charge on any atom is 0.241 e. The maximum absolute atomic E-state index is 12.5. The number of hydrogen-bond acceptors (Lipinski definition) is 4. The van der Waals surface area contributed by atoms with Gasteiger partial charge in [0.2, 0.25) is 21.8 Å². The van der Waals surface area contributed by atoms with Crippen LogP contribution in [0.1, 0.15) is 24.0 Å². The first-order chi connectivity index (χ1) is 12.7. The van der Waals surface area contributed by atoms with Crippen LogP contribution in [0.3, 0.4) is 0 Å². The number of nitrogens with one attached hydrogen (secondary N) is 3. The average Bonchev–Trinajstić information content (AvgIpc) is 2.91. The highest BCUT2D eigenvalue weighted by Crippen LogP contribution is 2.33. The van der Waals surface area contributed by atoms with Gasteiger partial charge in [-0.15, -0.1) is 0 Å². The number of halogens is 1. The molecule has 0 aromatic heterocycles. The fourth-order valence-electron chi connectivity index (χ4n) is 2.74. The van der Waals surface area contributed by atoms with Crippen molar-refractivity contribution in [1.82, 2.24) is 4.72 Å². The molecule has 0 spiro atoms. The van der Waals surface area contributed by atoms with Crippen LogP contribution in [-0.4, -0.2) is 26.8 Å². The van der Waals surface area contributed by atoms with Crippen LogP contribution in [0, 0.1) is 6.92 Å². The van der Waals surface area contributed by atoms with E-state index in [4.69, 9.17) is 11.6 Å². The van der Waals surface area contributed by atoms with Gasteiger partial charge in [-0.1, -0.05) is 17.7 Å². The van der Waals surface area contributed by atoms with E-state index in [-0.39, 0.29) is 10.8 Å². The minimum absolute atomic E-state index is 0.00339. The Hall–Kier alpha value is -2.42. The van der Waals surface area contributed by atoms with Crippen molar-refractivity contribution in [2.75, 3.05) is 17.2 Å². The predicted molar refractivity (Wildman–Crippen MR) is 103 cm³/mol. The topological polar surface area (TPSA) is 104 Å². The van der Waals surface area contributed by atoms with Gasteiger partial charge in [-0.05, 0) is 55.3 Å². The van der Waals surface area contributed by atoms with Gasteiger partial charge in [-0.2, -0.15) is 0 Å². The SMILES string of the molecule is Cc1c(Cl)cccc1NC(=O)CNS(=O)(=O)c1ccc2c(c1)[C@H](C)C(=O)N2. The molecule has 0 saturated carbocycles. The molecule has 0 unspecified atom stereocenters. The number of hydrogen-bond donors (Lipinski definition) is 3. The number of amides is 2. The van der Waals surface area contributed by atoms with Crippen LogP contribution in [0.2, 0.25) is 5.02 Å². The first-order valence-corrected chi connectivity index (χ1v) is 10.0. The Morgan fingerprint density at radius 1 is 1.26 bits per heavy atom. The molecule has 7 nitrogen and oxygen atoms in total. The Bertz CT molecular complexity index is 1040. The second-order valence-electron chi connectivity index (χ2n) is 6.25. The molecule has 3 rings (SSSR count). The number of rotatable bonds is 5. The molecule has 142 valence electrons. The first kappa shape index (κ1) is 19.3. The van der Waals surface area contributed by atoms with E-state index in [1.54, 1.807) is 38.1 Å². The molecular weight excluding hydrogens is 390 g/mol. The van der Waals surface area contributed by atoms with Gasteiger partial charge in [-0.3, -0.25) is 9.59 Å². The molecule has 1 heterocycles. The monoisotopic (exact) mass is 407 g/mol. The quantitative estimate of drug-likeness (QED) is 0.708. The van der Waals surface area contributed by atoms with E-state index in [0.29, 0.717) is 27.5 Å². The molecule has 2 amide bonds. The van der Waals surface area contributed by atoms with Crippen LogP contribution >= 0.6 is 11.6 Å². The van der Waals surface area contributed by atoms with Gasteiger partial charge >= 0.3 is 0 Å². The van der Waals surface area contributed by atoms with Gasteiger partial charge in [0.25, 0.3) is 0 Å². The Kier molecular flexibility index (Phi) is 5.23. The molecule has 1 aliphatic rings. The van der Waals surface area contributed by atoms with Crippen molar-refractivity contribution in [2.24, 2.45) is 0 Å². The third kappa shape index (κ3) is 3.97. The lowest BCUT2D eigenvalue weighted by atomic mass is 10.0. The van der Waals surface area contributed by atoms with Gasteiger partial charge in [-0.25, -0.2) is 13.1 Å². The highest BCUT2D eigenvalue weighted by Gasteiger charge is 2.28. The summed E-state index contributed by atoms with van der Waals surface area (Å²) in [5.74, 6) is -1.12. The Labute approximate surface area is 162 Å². The summed E-state index contributed by atoms with van der Waals surface area (Å²) in [7, 11) is -3.90. The summed E-state index contributed by atoms with van der Waals surface area (Å²) >= 11 is 6.00. The summed E-state index contributed by atoms with van der Waals surface area (Å²) in [5.41, 5.74) is 2.42. The van der Waals surface area contributed by atoms with Crippen LogP contribution in [0.4, 0.5) is 11.4 Å². The van der Waals surface area contributed by atoms with E-state index < -0.39 is 28.4 Å². The molecule has 0 fully saturated rings. The average molecular weight is 408 g/mol. The number of sulfonamides is 1. The van der Waals surface area contributed by atoms with Crippen LogP contribution in [-0.2, 0) is 19.6 Å². The molecule has 27 heavy (non-hydrogen) atoms. The molecule has 2 aromatic rings. The van der Waals surface area contributed by atoms with Crippen molar-refractivity contribution in [1.29, 1.82) is 0 Å². The zero-order valence-electron chi connectivity index (χ0n) is 14.7. The zero-order chi connectivity index (χ0) is 19.8. The first-order valence-electron chi connectivity index (χ1n) is 8.18. The fraction of sp³-hybridized carbons (Fsp3) is 0.222. The summed E-state index contributed by atoms with van der Waals surface area (Å²) in [5, 5.41) is 5.81. The number of anilines is 2. The highest BCUT2D eigenvalue weighted by molar-refractivity contribution is 7.89. The smallest absolute Gasteiger partial charge is 0.241 e. The minimum atomic E-state index is -3.90. The van der Waals surface area contributed by atoms with Crippen LogP contribution in [0.25, 0.3) is 0 Å². The molecule has 0 bridgehead atoms. The number of carbonyl (C=O) groups excluding carboxylic acids is 2. The van der Waals surface area contributed by atoms with Crippen LogP contribution in [0.5, 0.6) is 0 Å². The van der Waals surface area contributed by atoms with Crippen molar-refractivity contribution >= 4 is 44.8 Å². The predicted octanol–water partition coefficient (Wildman–Crippen LogP) is 2.62. The van der Waals surface area contributed by atoms with Crippen LogP contribution < -0.4 is 15.4 Å². The summed E-state index contributed by atoms with van der Waals surface area (Å²) in [6.45, 7) is 3.02. The minimum Gasteiger partial charge on any atom is -0.325 e. The summed E-state index contributed by atoms with van der Waals surface area (Å²) < 4.78 is 27.2. The third-order valence-electron chi connectivity index (χ3n) is 4.42. The Morgan fingerprint density at radius 3 is 2.74 bits per heavy atom. The summed E-state index contributed by atoms with van der Waals surface area (Å²) in [6, 6.07) is 9.44. The van der Waals surface area contributed by atoms with Gasteiger partial charge in [0.1, 0.15) is 0 Å². The number of fused-ring (bicyclic) bond motifs is 1. The standard InChI is InChI=1S/C18H18ClN3O4S/c1-10-13-8-12(6-7-16(13)22-18(10)24)27(25,26)20-9-17(23)21-15-5-3-4-14(19)11(15)2/h3-8,10,20H,9H2,1-2H3,(H,21,23)(H,22,24)/t10-/m0/s1. The number of carbonyl (C=O) groups is 2. The maximum atomic E-state index is 12.5. The van der Waals surface area contributed by atoms with E-state index in [9.17, 15) is 18.0 Å². The summed E-state index contributed by atoms with van der Waals surface area (Å²) in [6.07, 6.45) is 0. The normalized spacial score (nSPS) is 16.0. The van der Waals surface area contributed by atoms with Crippen molar-refractivity contribution in [3.63, 3.8) is 0 Å². The highest BCUT2D eigenvalue weighted by atomic mass is 35.5. The molecular formula is C18H18ClN3O4S. The lowest BCUT2D eigenvalue weighted by molar-refractivity contribution is -0.117. The second kappa shape index (κ2) is 7.30. The third-order valence-corrected chi connectivity index (χ3v) is 6.22. The molecule has 2 aromatic carbocycles.